The number of phenols is 1. The van der Waals surface area contributed by atoms with Crippen LogP contribution in [0.25, 0.3) is 0 Å². The van der Waals surface area contributed by atoms with E-state index in [1.807, 2.05) is 48.3 Å². The molecule has 0 bridgehead atoms. The van der Waals surface area contributed by atoms with Crippen LogP contribution in [0, 0.1) is 0 Å². The van der Waals surface area contributed by atoms with E-state index in [1.54, 1.807) is 12.3 Å². The van der Waals surface area contributed by atoms with Crippen molar-refractivity contribution < 1.29 is 9.84 Å². The van der Waals surface area contributed by atoms with Gasteiger partial charge in [0.1, 0.15) is 0 Å². The molecular formula is C19H22ClN3O2. The zero-order valence-electron chi connectivity index (χ0n) is 14.2. The number of para-hydroxylation sites is 1. The molecule has 1 fully saturated rings. The number of halogens is 1. The van der Waals surface area contributed by atoms with Gasteiger partial charge in [0.05, 0.1) is 25.9 Å². The molecule has 5 nitrogen and oxygen atoms in total. The molecule has 0 amide bonds. The number of rotatable bonds is 5. The summed E-state index contributed by atoms with van der Waals surface area (Å²) in [4.78, 5) is 2.32. The first-order chi connectivity index (χ1) is 12.2. The summed E-state index contributed by atoms with van der Waals surface area (Å²) in [7, 11) is 0. The minimum atomic E-state index is 0.132. The van der Waals surface area contributed by atoms with Crippen molar-refractivity contribution in [1.29, 1.82) is 0 Å². The monoisotopic (exact) mass is 359 g/mol. The van der Waals surface area contributed by atoms with Crippen LogP contribution in [0.4, 0.5) is 5.69 Å². The fourth-order valence-electron chi connectivity index (χ4n) is 2.78. The van der Waals surface area contributed by atoms with Crippen molar-refractivity contribution in [2.45, 2.75) is 6.92 Å². The Morgan fingerprint density at radius 3 is 2.52 bits per heavy atom. The third-order valence-electron chi connectivity index (χ3n) is 4.14. The number of aromatic hydroxyl groups is 1. The van der Waals surface area contributed by atoms with Crippen LogP contribution in [0.2, 0.25) is 5.02 Å². The van der Waals surface area contributed by atoms with Gasteiger partial charge in [0, 0.05) is 29.4 Å². The van der Waals surface area contributed by atoms with Gasteiger partial charge in [0.2, 0.25) is 0 Å². The molecule has 0 unspecified atom stereocenters. The molecule has 0 atom stereocenters. The molecule has 0 aliphatic carbocycles. The highest BCUT2D eigenvalue weighted by Crippen LogP contribution is 2.28. The Kier molecular flexibility index (Phi) is 5.66. The quantitative estimate of drug-likeness (QED) is 0.829. The lowest BCUT2D eigenvalue weighted by Crippen LogP contribution is -2.44. The summed E-state index contributed by atoms with van der Waals surface area (Å²) in [5.74, 6) is 0.618. The molecule has 0 radical (unpaired) electrons. The fraction of sp³-hybridized carbons (Fsp3) is 0.316. The van der Waals surface area contributed by atoms with E-state index in [0.717, 1.165) is 31.2 Å². The lowest BCUT2D eigenvalue weighted by atomic mass is 10.2. The third kappa shape index (κ3) is 4.37. The van der Waals surface area contributed by atoms with E-state index < -0.39 is 0 Å². The average molecular weight is 360 g/mol. The lowest BCUT2D eigenvalue weighted by molar-refractivity contribution is 0.272. The largest absolute Gasteiger partial charge is 0.504 e. The van der Waals surface area contributed by atoms with Crippen LogP contribution < -0.4 is 9.64 Å². The van der Waals surface area contributed by atoms with E-state index in [9.17, 15) is 5.11 Å². The highest BCUT2D eigenvalue weighted by molar-refractivity contribution is 6.30. The van der Waals surface area contributed by atoms with Crippen LogP contribution in [-0.4, -0.2) is 49.1 Å². The van der Waals surface area contributed by atoms with Crippen molar-refractivity contribution in [1.82, 2.24) is 5.01 Å². The number of piperazine rings is 1. The number of hydrogen-bond acceptors (Lipinski definition) is 5. The second kappa shape index (κ2) is 8.12. The van der Waals surface area contributed by atoms with Crippen molar-refractivity contribution in [2.75, 3.05) is 37.7 Å². The Bertz CT molecular complexity index is 726. The second-order valence-corrected chi connectivity index (χ2v) is 6.23. The van der Waals surface area contributed by atoms with E-state index in [-0.39, 0.29) is 5.75 Å². The number of anilines is 1. The maximum absolute atomic E-state index is 10.2. The molecule has 0 aromatic heterocycles. The van der Waals surface area contributed by atoms with Crippen LogP contribution in [0.5, 0.6) is 11.5 Å². The maximum Gasteiger partial charge on any atom is 0.166 e. The molecule has 2 aromatic rings. The number of nitrogens with zero attached hydrogens (tertiary/aromatic N) is 3. The molecule has 3 rings (SSSR count). The van der Waals surface area contributed by atoms with Gasteiger partial charge in [-0.1, -0.05) is 17.7 Å². The van der Waals surface area contributed by atoms with Crippen LogP contribution in [0.15, 0.2) is 47.6 Å². The van der Waals surface area contributed by atoms with Gasteiger partial charge in [-0.3, -0.25) is 5.01 Å². The van der Waals surface area contributed by atoms with E-state index in [2.05, 4.69) is 10.0 Å². The first kappa shape index (κ1) is 17.4. The standard InChI is InChI=1S/C19H22ClN3O2/c1-2-25-18-5-3-4-15(19(18)24)14-21-23-12-10-22(11-13-23)17-8-6-16(20)7-9-17/h3-9,14,24H,2,10-13H2,1H3/b21-14+. The zero-order valence-corrected chi connectivity index (χ0v) is 15.0. The van der Waals surface area contributed by atoms with Crippen LogP contribution in [0.1, 0.15) is 12.5 Å². The number of hydrogen-bond donors (Lipinski definition) is 1. The number of phenolic OH excluding ortho intramolecular Hbond substituents is 1. The SMILES string of the molecule is CCOc1cccc(/C=N/N2CCN(c3ccc(Cl)cc3)CC2)c1O. The normalized spacial score (nSPS) is 15.0. The van der Waals surface area contributed by atoms with Gasteiger partial charge in [-0.2, -0.15) is 5.10 Å². The summed E-state index contributed by atoms with van der Waals surface area (Å²) >= 11 is 5.94. The van der Waals surface area contributed by atoms with E-state index in [4.69, 9.17) is 16.3 Å². The van der Waals surface area contributed by atoms with E-state index >= 15 is 0 Å². The molecule has 0 spiro atoms. The highest BCUT2D eigenvalue weighted by Gasteiger charge is 2.16. The molecular weight excluding hydrogens is 338 g/mol. The lowest BCUT2D eigenvalue weighted by Gasteiger charge is -2.34. The molecule has 1 N–H and O–H groups in total. The Labute approximate surface area is 153 Å². The highest BCUT2D eigenvalue weighted by atomic mass is 35.5. The van der Waals surface area contributed by atoms with Crippen LogP contribution in [0.3, 0.4) is 0 Å². The Morgan fingerprint density at radius 2 is 1.84 bits per heavy atom. The van der Waals surface area contributed by atoms with Gasteiger partial charge in [-0.25, -0.2) is 0 Å². The number of ether oxygens (including phenoxy) is 1. The zero-order chi connectivity index (χ0) is 17.6. The van der Waals surface area contributed by atoms with Crippen molar-refractivity contribution in [2.24, 2.45) is 5.10 Å². The minimum absolute atomic E-state index is 0.132. The van der Waals surface area contributed by atoms with Crippen molar-refractivity contribution in [3.63, 3.8) is 0 Å². The molecule has 132 valence electrons. The Hall–Kier alpha value is -2.40. The first-order valence-electron chi connectivity index (χ1n) is 8.41. The van der Waals surface area contributed by atoms with Gasteiger partial charge >= 0.3 is 0 Å². The van der Waals surface area contributed by atoms with Gasteiger partial charge in [0.15, 0.2) is 11.5 Å². The molecule has 1 aliphatic heterocycles. The summed E-state index contributed by atoms with van der Waals surface area (Å²) in [5.41, 5.74) is 1.83. The summed E-state index contributed by atoms with van der Waals surface area (Å²) in [6.07, 6.45) is 1.69. The van der Waals surface area contributed by atoms with Gasteiger partial charge in [0.25, 0.3) is 0 Å². The predicted molar refractivity (Wildman–Crippen MR) is 102 cm³/mol. The summed E-state index contributed by atoms with van der Waals surface area (Å²) in [6, 6.07) is 13.3. The second-order valence-electron chi connectivity index (χ2n) is 5.79. The average Bonchev–Trinajstić information content (AvgIpc) is 2.64. The van der Waals surface area contributed by atoms with Gasteiger partial charge in [-0.05, 0) is 43.3 Å². The smallest absolute Gasteiger partial charge is 0.166 e. The molecule has 1 aliphatic rings. The Morgan fingerprint density at radius 1 is 1.12 bits per heavy atom. The first-order valence-corrected chi connectivity index (χ1v) is 8.79. The number of hydrazone groups is 1. The molecule has 1 saturated heterocycles. The number of benzene rings is 2. The van der Waals surface area contributed by atoms with Crippen LogP contribution in [-0.2, 0) is 0 Å². The molecule has 0 saturated carbocycles. The summed E-state index contributed by atoms with van der Waals surface area (Å²) in [6.45, 7) is 5.84. The molecule has 25 heavy (non-hydrogen) atoms. The molecule has 2 aromatic carbocycles. The van der Waals surface area contributed by atoms with Crippen LogP contribution >= 0.6 is 11.6 Å². The van der Waals surface area contributed by atoms with Crippen molar-refractivity contribution in [3.05, 3.63) is 53.1 Å². The van der Waals surface area contributed by atoms with E-state index in [1.165, 1.54) is 5.69 Å². The third-order valence-corrected chi connectivity index (χ3v) is 4.39. The molecule has 1 heterocycles. The topological polar surface area (TPSA) is 48.3 Å². The van der Waals surface area contributed by atoms with Gasteiger partial charge in [-0.15, -0.1) is 0 Å². The van der Waals surface area contributed by atoms with Gasteiger partial charge < -0.3 is 14.7 Å². The summed E-state index contributed by atoms with van der Waals surface area (Å²) in [5, 5.41) is 17.5. The molecule has 6 heteroatoms. The van der Waals surface area contributed by atoms with E-state index in [0.29, 0.717) is 17.9 Å². The van der Waals surface area contributed by atoms with Crippen molar-refractivity contribution in [3.8, 4) is 11.5 Å². The van der Waals surface area contributed by atoms with Crippen molar-refractivity contribution >= 4 is 23.5 Å². The fourth-order valence-corrected chi connectivity index (χ4v) is 2.91. The predicted octanol–water partition coefficient (Wildman–Crippen LogP) is 3.60. The Balaban J connectivity index is 1.59. The minimum Gasteiger partial charge on any atom is -0.504 e. The maximum atomic E-state index is 10.2. The summed E-state index contributed by atoms with van der Waals surface area (Å²) < 4.78 is 5.40.